The van der Waals surface area contributed by atoms with Crippen LogP contribution in [-0.2, 0) is 5.60 Å². The Morgan fingerprint density at radius 1 is 1.44 bits per heavy atom. The summed E-state index contributed by atoms with van der Waals surface area (Å²) in [5, 5.41) is 21.3. The fourth-order valence-corrected chi connectivity index (χ4v) is 3.86. The van der Waals surface area contributed by atoms with E-state index in [2.05, 4.69) is 41.3 Å². The number of aliphatic imine (C=N–C) groups is 1. The van der Waals surface area contributed by atoms with Gasteiger partial charge in [-0.3, -0.25) is 4.90 Å². The number of piperidine rings is 1. The Balaban J connectivity index is 1.87. The number of hydrogen-bond acceptors (Lipinski definition) is 4. The highest BCUT2D eigenvalue weighted by Crippen LogP contribution is 2.23. The van der Waals surface area contributed by atoms with Crippen LogP contribution in [0.15, 0.2) is 21.8 Å². The summed E-state index contributed by atoms with van der Waals surface area (Å²) in [6, 6.07) is 2.44. The van der Waals surface area contributed by atoms with E-state index in [1.807, 2.05) is 23.8 Å². The minimum atomic E-state index is -0.934. The molecule has 2 rings (SSSR count). The van der Waals surface area contributed by atoms with E-state index in [0.29, 0.717) is 12.6 Å². The van der Waals surface area contributed by atoms with E-state index >= 15 is 0 Å². The maximum Gasteiger partial charge on any atom is 0.191 e. The number of guanidine groups is 1. The van der Waals surface area contributed by atoms with Gasteiger partial charge in [0.1, 0.15) is 5.60 Å². The molecule has 25 heavy (non-hydrogen) atoms. The van der Waals surface area contributed by atoms with Gasteiger partial charge in [0.25, 0.3) is 0 Å². The normalized spacial score (nSPS) is 20.9. The number of thiophene rings is 1. The van der Waals surface area contributed by atoms with E-state index in [9.17, 15) is 5.11 Å². The molecule has 1 saturated heterocycles. The van der Waals surface area contributed by atoms with Gasteiger partial charge in [0, 0.05) is 19.1 Å². The Labute approximate surface area is 156 Å². The van der Waals surface area contributed by atoms with Gasteiger partial charge in [-0.25, -0.2) is 4.99 Å². The summed E-state index contributed by atoms with van der Waals surface area (Å²) in [6.07, 6.45) is 2.59. The zero-order valence-electron chi connectivity index (χ0n) is 16.1. The molecular weight excluding hydrogens is 332 g/mol. The molecule has 1 aromatic heterocycles. The summed E-state index contributed by atoms with van der Waals surface area (Å²) in [5.41, 5.74) is -0.00957. The number of aliphatic hydroxyl groups is 1. The van der Waals surface area contributed by atoms with E-state index in [-0.39, 0.29) is 0 Å². The maximum absolute atomic E-state index is 10.6. The molecule has 0 radical (unpaired) electrons. The lowest BCUT2D eigenvalue weighted by Gasteiger charge is -2.35. The zero-order valence-corrected chi connectivity index (χ0v) is 16.9. The quantitative estimate of drug-likeness (QED) is 0.513. The fourth-order valence-electron chi connectivity index (χ4n) is 3.08. The van der Waals surface area contributed by atoms with E-state index < -0.39 is 5.60 Å². The van der Waals surface area contributed by atoms with E-state index in [1.54, 1.807) is 11.3 Å². The van der Waals surface area contributed by atoms with Gasteiger partial charge in [-0.1, -0.05) is 6.92 Å². The summed E-state index contributed by atoms with van der Waals surface area (Å²) < 4.78 is 0. The average molecular weight is 367 g/mol. The van der Waals surface area contributed by atoms with E-state index in [0.717, 1.165) is 30.5 Å². The molecule has 0 spiro atoms. The number of hydrogen-bond donors (Lipinski definition) is 3. The topological polar surface area (TPSA) is 59.9 Å². The molecule has 0 amide bonds. The molecule has 0 bridgehead atoms. The van der Waals surface area contributed by atoms with Crippen LogP contribution in [0.2, 0.25) is 0 Å². The molecule has 0 aromatic carbocycles. The van der Waals surface area contributed by atoms with Crippen LogP contribution in [0.3, 0.4) is 0 Å². The third kappa shape index (κ3) is 6.28. The molecular formula is C19H34N4OS. The van der Waals surface area contributed by atoms with Crippen LogP contribution in [0.4, 0.5) is 0 Å². The van der Waals surface area contributed by atoms with Gasteiger partial charge in [-0.05, 0) is 75.0 Å². The fraction of sp³-hybridized carbons (Fsp3) is 0.737. The van der Waals surface area contributed by atoms with Gasteiger partial charge in [-0.2, -0.15) is 11.3 Å². The van der Waals surface area contributed by atoms with Crippen molar-refractivity contribution in [3.05, 3.63) is 22.4 Å². The Bertz CT molecular complexity index is 522. The predicted octanol–water partition coefficient (Wildman–Crippen LogP) is 2.63. The lowest BCUT2D eigenvalue weighted by atomic mass is 9.98. The predicted molar refractivity (Wildman–Crippen MR) is 107 cm³/mol. The number of likely N-dealkylation sites (tertiary alicyclic amines) is 1. The van der Waals surface area contributed by atoms with Crippen molar-refractivity contribution in [1.82, 2.24) is 15.5 Å². The van der Waals surface area contributed by atoms with Gasteiger partial charge in [0.2, 0.25) is 0 Å². The molecule has 2 unspecified atom stereocenters. The van der Waals surface area contributed by atoms with Crippen molar-refractivity contribution in [2.45, 2.75) is 52.2 Å². The molecule has 1 aliphatic heterocycles. The average Bonchev–Trinajstić information content (AvgIpc) is 3.13. The van der Waals surface area contributed by atoms with Gasteiger partial charge < -0.3 is 15.7 Å². The summed E-state index contributed by atoms with van der Waals surface area (Å²) in [6.45, 7) is 12.9. The van der Waals surface area contributed by atoms with E-state index in [1.165, 1.54) is 25.9 Å². The van der Waals surface area contributed by atoms with Gasteiger partial charge in [0.15, 0.2) is 5.96 Å². The number of rotatable bonds is 7. The summed E-state index contributed by atoms with van der Waals surface area (Å²) in [7, 11) is 0. The van der Waals surface area contributed by atoms with Crippen LogP contribution in [-0.4, -0.2) is 54.7 Å². The summed E-state index contributed by atoms with van der Waals surface area (Å²) >= 11 is 1.60. The van der Waals surface area contributed by atoms with Crippen molar-refractivity contribution in [1.29, 1.82) is 0 Å². The zero-order chi connectivity index (χ0) is 18.3. The Morgan fingerprint density at radius 2 is 2.16 bits per heavy atom. The second-order valence-electron chi connectivity index (χ2n) is 7.43. The van der Waals surface area contributed by atoms with Crippen LogP contribution in [0.25, 0.3) is 0 Å². The van der Waals surface area contributed by atoms with Gasteiger partial charge in [-0.15, -0.1) is 0 Å². The molecule has 1 aliphatic rings. The second-order valence-corrected chi connectivity index (χ2v) is 8.21. The SMILES string of the molecule is CCNC(=NCC(C)(O)c1ccsc1)NCC(C)N1CCC(C)CC1. The highest BCUT2D eigenvalue weighted by molar-refractivity contribution is 7.08. The lowest BCUT2D eigenvalue weighted by molar-refractivity contribution is 0.0677. The van der Waals surface area contributed by atoms with Crippen molar-refractivity contribution in [2.75, 3.05) is 32.7 Å². The molecule has 142 valence electrons. The minimum absolute atomic E-state index is 0.342. The number of nitrogens with one attached hydrogen (secondary N) is 2. The van der Waals surface area contributed by atoms with Crippen molar-refractivity contribution in [3.63, 3.8) is 0 Å². The van der Waals surface area contributed by atoms with Crippen LogP contribution in [0.1, 0.15) is 46.1 Å². The monoisotopic (exact) mass is 366 g/mol. The lowest BCUT2D eigenvalue weighted by Crippen LogP contribution is -2.48. The first kappa shape index (κ1) is 20.2. The third-order valence-corrected chi connectivity index (χ3v) is 5.72. The smallest absolute Gasteiger partial charge is 0.191 e. The third-order valence-electron chi connectivity index (χ3n) is 5.04. The van der Waals surface area contributed by atoms with Crippen molar-refractivity contribution >= 4 is 17.3 Å². The minimum Gasteiger partial charge on any atom is -0.383 e. The molecule has 0 aliphatic carbocycles. The van der Waals surface area contributed by atoms with Gasteiger partial charge >= 0.3 is 0 Å². The molecule has 0 saturated carbocycles. The first-order chi connectivity index (χ1) is 11.9. The van der Waals surface area contributed by atoms with E-state index in [4.69, 9.17) is 0 Å². The van der Waals surface area contributed by atoms with Crippen LogP contribution in [0, 0.1) is 5.92 Å². The van der Waals surface area contributed by atoms with Crippen molar-refractivity contribution in [3.8, 4) is 0 Å². The van der Waals surface area contributed by atoms with Crippen molar-refractivity contribution in [2.24, 2.45) is 10.9 Å². The Hall–Kier alpha value is -1.11. The summed E-state index contributed by atoms with van der Waals surface area (Å²) in [5.74, 6) is 1.63. The van der Waals surface area contributed by atoms with Crippen LogP contribution in [0.5, 0.6) is 0 Å². The standard InChI is InChI=1S/C19H34N4OS/c1-5-20-18(22-14-19(4,24)17-8-11-25-13-17)21-12-16(3)23-9-6-15(2)7-10-23/h8,11,13,15-16,24H,5-7,9-10,12,14H2,1-4H3,(H2,20,21,22). The Morgan fingerprint density at radius 3 is 2.76 bits per heavy atom. The van der Waals surface area contributed by atoms with Gasteiger partial charge in [0.05, 0.1) is 6.54 Å². The summed E-state index contributed by atoms with van der Waals surface area (Å²) in [4.78, 5) is 7.15. The molecule has 1 aromatic rings. The molecule has 6 heteroatoms. The van der Waals surface area contributed by atoms with Crippen LogP contribution >= 0.6 is 11.3 Å². The maximum atomic E-state index is 10.6. The second kappa shape index (κ2) is 9.55. The first-order valence-electron chi connectivity index (χ1n) is 9.43. The largest absolute Gasteiger partial charge is 0.383 e. The molecule has 2 atom stereocenters. The van der Waals surface area contributed by atoms with Crippen molar-refractivity contribution < 1.29 is 5.11 Å². The Kier molecular flexibility index (Phi) is 7.72. The molecule has 3 N–H and O–H groups in total. The van der Waals surface area contributed by atoms with Crippen LogP contribution < -0.4 is 10.6 Å². The number of nitrogens with zero attached hydrogens (tertiary/aromatic N) is 2. The highest BCUT2D eigenvalue weighted by Gasteiger charge is 2.24. The first-order valence-corrected chi connectivity index (χ1v) is 10.4. The molecule has 5 nitrogen and oxygen atoms in total. The highest BCUT2D eigenvalue weighted by atomic mass is 32.1. The molecule has 2 heterocycles. The molecule has 1 fully saturated rings.